The zero-order chi connectivity index (χ0) is 18.9. The van der Waals surface area contributed by atoms with Gasteiger partial charge in [0.15, 0.2) is 0 Å². The number of nitrogens with one attached hydrogen (secondary N) is 1. The molecule has 0 radical (unpaired) electrons. The van der Waals surface area contributed by atoms with E-state index < -0.39 is 0 Å². The van der Waals surface area contributed by atoms with Crippen molar-refractivity contribution in [3.63, 3.8) is 0 Å². The van der Waals surface area contributed by atoms with Crippen molar-refractivity contribution in [1.29, 1.82) is 0 Å². The molecule has 0 amide bonds. The van der Waals surface area contributed by atoms with Crippen molar-refractivity contribution in [2.24, 2.45) is 0 Å². The molecule has 1 aromatic heterocycles. The molecular formula is C25H17ClN2. The number of hydrogen-bond acceptors (Lipinski definition) is 1. The molecule has 0 bridgehead atoms. The van der Waals surface area contributed by atoms with E-state index in [1.807, 2.05) is 60.7 Å². The summed E-state index contributed by atoms with van der Waals surface area (Å²) < 4.78 is 0. The minimum atomic E-state index is 0.714. The van der Waals surface area contributed by atoms with Crippen LogP contribution in [0, 0.1) is 0 Å². The molecule has 2 nitrogen and oxygen atoms in total. The van der Waals surface area contributed by atoms with Crippen LogP contribution in [0.25, 0.3) is 44.7 Å². The molecule has 5 aromatic rings. The van der Waals surface area contributed by atoms with Gasteiger partial charge in [0.2, 0.25) is 0 Å². The van der Waals surface area contributed by atoms with Crippen molar-refractivity contribution in [2.45, 2.75) is 0 Å². The molecule has 0 fully saturated rings. The number of aromatic amines is 1. The largest absolute Gasteiger partial charge is 0.337 e. The predicted octanol–water partition coefficient (Wildman–Crippen LogP) is 7.22. The van der Waals surface area contributed by atoms with Crippen LogP contribution in [-0.2, 0) is 0 Å². The van der Waals surface area contributed by atoms with Gasteiger partial charge in [0.05, 0.1) is 16.4 Å². The number of fused-ring (bicyclic) bond motifs is 1. The van der Waals surface area contributed by atoms with E-state index in [1.54, 1.807) is 0 Å². The summed E-state index contributed by atoms with van der Waals surface area (Å²) >= 11 is 6.77. The number of hydrogen-bond donors (Lipinski definition) is 1. The second kappa shape index (κ2) is 6.99. The van der Waals surface area contributed by atoms with Crippen LogP contribution >= 0.6 is 11.6 Å². The molecule has 0 saturated carbocycles. The van der Waals surface area contributed by atoms with Crippen LogP contribution in [0.3, 0.4) is 0 Å². The summed E-state index contributed by atoms with van der Waals surface area (Å²) in [7, 11) is 0. The molecule has 4 aromatic carbocycles. The van der Waals surface area contributed by atoms with E-state index in [4.69, 9.17) is 16.6 Å². The third-order valence-electron chi connectivity index (χ3n) is 4.93. The molecule has 3 heteroatoms. The lowest BCUT2D eigenvalue weighted by molar-refractivity contribution is 1.31. The molecule has 0 spiro atoms. The smallest absolute Gasteiger partial charge is 0.140 e. The highest BCUT2D eigenvalue weighted by Crippen LogP contribution is 2.37. The quantitative estimate of drug-likeness (QED) is 0.351. The highest BCUT2D eigenvalue weighted by molar-refractivity contribution is 6.38. The van der Waals surface area contributed by atoms with Gasteiger partial charge in [0, 0.05) is 22.1 Å². The predicted molar refractivity (Wildman–Crippen MR) is 117 cm³/mol. The van der Waals surface area contributed by atoms with Crippen molar-refractivity contribution in [3.05, 3.63) is 102 Å². The molecule has 28 heavy (non-hydrogen) atoms. The minimum absolute atomic E-state index is 0.714. The van der Waals surface area contributed by atoms with Crippen LogP contribution in [0.1, 0.15) is 0 Å². The lowest BCUT2D eigenvalue weighted by Gasteiger charge is -2.05. The van der Waals surface area contributed by atoms with Crippen molar-refractivity contribution in [1.82, 2.24) is 9.97 Å². The molecule has 134 valence electrons. The van der Waals surface area contributed by atoms with Crippen molar-refractivity contribution >= 4 is 22.4 Å². The number of aromatic nitrogens is 2. The van der Waals surface area contributed by atoms with Gasteiger partial charge in [0.1, 0.15) is 5.82 Å². The molecule has 5 rings (SSSR count). The van der Waals surface area contributed by atoms with Gasteiger partial charge in [-0.05, 0) is 11.5 Å². The summed E-state index contributed by atoms with van der Waals surface area (Å²) in [5.74, 6) is 0.772. The van der Waals surface area contributed by atoms with Gasteiger partial charge in [-0.1, -0.05) is 103 Å². The SMILES string of the molecule is Clc1c(-c2nc(-c3ccccc3)c(-c3ccccc3)[nH]2)ccc2ccccc12. The Bertz CT molecular complexity index is 1200. The van der Waals surface area contributed by atoms with Gasteiger partial charge in [-0.3, -0.25) is 0 Å². The fraction of sp³-hybridized carbons (Fsp3) is 0. The fourth-order valence-corrected chi connectivity index (χ4v) is 3.86. The monoisotopic (exact) mass is 380 g/mol. The number of H-pyrrole nitrogens is 1. The lowest BCUT2D eigenvalue weighted by Crippen LogP contribution is -1.85. The van der Waals surface area contributed by atoms with E-state index in [1.165, 1.54) is 0 Å². The Morgan fingerprint density at radius 1 is 0.643 bits per heavy atom. The number of benzene rings is 4. The average Bonchev–Trinajstić information content (AvgIpc) is 3.21. The van der Waals surface area contributed by atoms with E-state index >= 15 is 0 Å². The number of halogens is 1. The first kappa shape index (κ1) is 16.8. The van der Waals surface area contributed by atoms with Gasteiger partial charge >= 0.3 is 0 Å². The number of rotatable bonds is 3. The van der Waals surface area contributed by atoms with E-state index in [9.17, 15) is 0 Å². The van der Waals surface area contributed by atoms with E-state index in [-0.39, 0.29) is 0 Å². The Balaban J connectivity index is 1.74. The molecule has 1 heterocycles. The van der Waals surface area contributed by atoms with Gasteiger partial charge in [-0.25, -0.2) is 4.98 Å². The van der Waals surface area contributed by atoms with E-state index in [0.717, 1.165) is 44.7 Å². The summed E-state index contributed by atoms with van der Waals surface area (Å²) in [4.78, 5) is 8.48. The Kier molecular flexibility index (Phi) is 4.19. The highest BCUT2D eigenvalue weighted by atomic mass is 35.5. The fourth-order valence-electron chi connectivity index (χ4n) is 3.54. The molecule has 0 aliphatic heterocycles. The summed E-state index contributed by atoms with van der Waals surface area (Å²) in [6.07, 6.45) is 0. The van der Waals surface area contributed by atoms with Crippen LogP contribution in [0.15, 0.2) is 97.1 Å². The Morgan fingerprint density at radius 2 is 1.29 bits per heavy atom. The second-order valence-corrected chi connectivity index (χ2v) is 7.07. The molecule has 0 unspecified atom stereocenters. The van der Waals surface area contributed by atoms with Crippen molar-refractivity contribution in [2.75, 3.05) is 0 Å². The first-order valence-electron chi connectivity index (χ1n) is 9.20. The third kappa shape index (κ3) is 2.88. The summed E-state index contributed by atoms with van der Waals surface area (Å²) in [6, 6.07) is 32.7. The number of nitrogens with zero attached hydrogens (tertiary/aromatic N) is 1. The molecular weight excluding hydrogens is 364 g/mol. The van der Waals surface area contributed by atoms with E-state index in [2.05, 4.69) is 41.4 Å². The maximum Gasteiger partial charge on any atom is 0.140 e. The van der Waals surface area contributed by atoms with Gasteiger partial charge < -0.3 is 4.98 Å². The average molecular weight is 381 g/mol. The molecule has 0 aliphatic rings. The third-order valence-corrected chi connectivity index (χ3v) is 5.34. The van der Waals surface area contributed by atoms with Crippen LogP contribution < -0.4 is 0 Å². The first-order valence-corrected chi connectivity index (χ1v) is 9.57. The Hall–Kier alpha value is -3.36. The normalized spacial score (nSPS) is 11.0. The molecule has 1 N–H and O–H groups in total. The van der Waals surface area contributed by atoms with Crippen LogP contribution in [-0.4, -0.2) is 9.97 Å². The second-order valence-electron chi connectivity index (χ2n) is 6.69. The maximum atomic E-state index is 6.77. The van der Waals surface area contributed by atoms with Crippen molar-refractivity contribution < 1.29 is 0 Å². The topological polar surface area (TPSA) is 28.7 Å². The minimum Gasteiger partial charge on any atom is -0.337 e. The lowest BCUT2D eigenvalue weighted by atomic mass is 10.1. The molecule has 0 aliphatic carbocycles. The summed E-state index contributed by atoms with van der Waals surface area (Å²) in [6.45, 7) is 0. The zero-order valence-corrected chi connectivity index (χ0v) is 15.8. The van der Waals surface area contributed by atoms with Gasteiger partial charge in [-0.15, -0.1) is 0 Å². The summed E-state index contributed by atoms with van der Waals surface area (Å²) in [5, 5.41) is 2.86. The maximum absolute atomic E-state index is 6.77. The summed E-state index contributed by atoms with van der Waals surface area (Å²) in [5.41, 5.74) is 4.98. The van der Waals surface area contributed by atoms with Crippen LogP contribution in [0.2, 0.25) is 5.02 Å². The molecule has 0 saturated heterocycles. The zero-order valence-electron chi connectivity index (χ0n) is 15.1. The number of imidazole rings is 1. The standard InChI is InChI=1S/C25H17ClN2/c26-22-20-14-8-7-9-17(20)15-16-21(22)25-27-23(18-10-3-1-4-11-18)24(28-25)19-12-5-2-6-13-19/h1-16H,(H,27,28). The van der Waals surface area contributed by atoms with Crippen LogP contribution in [0.5, 0.6) is 0 Å². The highest BCUT2D eigenvalue weighted by Gasteiger charge is 2.17. The van der Waals surface area contributed by atoms with Gasteiger partial charge in [0.25, 0.3) is 0 Å². The van der Waals surface area contributed by atoms with E-state index in [0.29, 0.717) is 5.02 Å². The Labute approximate surface area is 168 Å². The molecule has 0 atom stereocenters. The Morgan fingerprint density at radius 3 is 2.04 bits per heavy atom. The van der Waals surface area contributed by atoms with Crippen LogP contribution in [0.4, 0.5) is 0 Å². The van der Waals surface area contributed by atoms with Crippen molar-refractivity contribution in [3.8, 4) is 33.9 Å². The van der Waals surface area contributed by atoms with Gasteiger partial charge in [-0.2, -0.15) is 0 Å². The first-order chi connectivity index (χ1) is 13.8.